The van der Waals surface area contributed by atoms with Crippen LogP contribution in [0.5, 0.6) is 0 Å². The van der Waals surface area contributed by atoms with Gasteiger partial charge >= 0.3 is 0 Å². The maximum Gasteiger partial charge on any atom is 0.0540 e. The van der Waals surface area contributed by atoms with Crippen molar-refractivity contribution in [2.24, 2.45) is 29.6 Å². The second kappa shape index (κ2) is 13.2. The largest absolute Gasteiger partial charge is 0.310 e. The summed E-state index contributed by atoms with van der Waals surface area (Å²) in [6.07, 6.45) is 12.0. The van der Waals surface area contributed by atoms with Crippen LogP contribution < -0.4 is 4.90 Å². The van der Waals surface area contributed by atoms with Crippen LogP contribution in [0.3, 0.4) is 0 Å². The van der Waals surface area contributed by atoms with Crippen molar-refractivity contribution in [3.8, 4) is 44.5 Å². The maximum atomic E-state index is 2.69. The lowest BCUT2D eigenvalue weighted by atomic mass is 9.40. The van der Waals surface area contributed by atoms with Gasteiger partial charge < -0.3 is 4.90 Å². The Bertz CT molecular complexity index is 2810. The van der Waals surface area contributed by atoms with Crippen LogP contribution in [-0.4, -0.2) is 0 Å². The van der Waals surface area contributed by atoms with Gasteiger partial charge in [-0.1, -0.05) is 154 Å². The maximum absolute atomic E-state index is 2.69. The Morgan fingerprint density at radius 2 is 1.10 bits per heavy atom. The number of hydrogen-bond acceptors (Lipinski definition) is 1. The lowest BCUT2D eigenvalue weighted by Crippen LogP contribution is -2.58. The average molecular weight is 776 g/mol. The van der Waals surface area contributed by atoms with Crippen LogP contribution in [0.25, 0.3) is 44.5 Å². The van der Waals surface area contributed by atoms with E-state index in [-0.39, 0.29) is 10.8 Å². The van der Waals surface area contributed by atoms with E-state index in [4.69, 9.17) is 0 Å². The predicted molar refractivity (Wildman–Crippen MR) is 249 cm³/mol. The van der Waals surface area contributed by atoms with Crippen molar-refractivity contribution >= 4 is 17.1 Å². The zero-order chi connectivity index (χ0) is 39.6. The number of fused-ring (bicyclic) bond motifs is 8. The van der Waals surface area contributed by atoms with E-state index in [1.807, 2.05) is 0 Å². The molecule has 5 unspecified atom stereocenters. The minimum absolute atomic E-state index is 0.0735. The van der Waals surface area contributed by atoms with Gasteiger partial charge in [0.05, 0.1) is 5.69 Å². The van der Waals surface area contributed by atoms with Crippen LogP contribution in [0.4, 0.5) is 17.1 Å². The minimum Gasteiger partial charge on any atom is -0.310 e. The molecule has 4 bridgehead atoms. The molecule has 7 aliphatic carbocycles. The Balaban J connectivity index is 1.06. The molecule has 14 rings (SSSR count). The van der Waals surface area contributed by atoms with E-state index in [1.54, 1.807) is 22.3 Å². The highest BCUT2D eigenvalue weighted by Crippen LogP contribution is 2.71. The van der Waals surface area contributed by atoms with Gasteiger partial charge in [-0.05, 0) is 166 Å². The molecule has 0 radical (unpaired) electrons. The summed E-state index contributed by atoms with van der Waals surface area (Å²) in [6, 6.07) is 63.4. The molecule has 60 heavy (non-hydrogen) atoms. The van der Waals surface area contributed by atoms with E-state index >= 15 is 0 Å². The molecular formula is C59H53N. The molecule has 0 aliphatic heterocycles. The van der Waals surface area contributed by atoms with Crippen LogP contribution in [0.2, 0.25) is 0 Å². The summed E-state index contributed by atoms with van der Waals surface area (Å²) in [5.41, 5.74) is 21.0. The SMILES string of the molecule is C[C@H]1C2CC3CC(C2)C2(c4ccccc4-c4ccc(N(c5ccc6c(c5)-c5ccccc5C65CCCCC5)c5ccc(-c6ccccc6)cc5-c5ccccc5)cc42)C1C3. The van der Waals surface area contributed by atoms with Crippen molar-refractivity contribution in [2.75, 3.05) is 4.90 Å². The Kier molecular flexibility index (Phi) is 7.71. The number of rotatable bonds is 5. The Hall–Kier alpha value is -5.66. The fraction of sp³-hybridized carbons (Fsp3) is 0.288. The van der Waals surface area contributed by atoms with E-state index in [0.29, 0.717) is 11.8 Å². The van der Waals surface area contributed by atoms with Crippen molar-refractivity contribution in [3.63, 3.8) is 0 Å². The van der Waals surface area contributed by atoms with Gasteiger partial charge in [-0.3, -0.25) is 0 Å². The van der Waals surface area contributed by atoms with Gasteiger partial charge in [0.1, 0.15) is 0 Å². The number of nitrogens with zero attached hydrogens (tertiary/aromatic N) is 1. The second-order valence-electron chi connectivity index (χ2n) is 19.6. The zero-order valence-corrected chi connectivity index (χ0v) is 34.8. The monoisotopic (exact) mass is 775 g/mol. The lowest BCUT2D eigenvalue weighted by molar-refractivity contribution is -0.0817. The molecule has 0 heterocycles. The molecule has 0 aromatic heterocycles. The van der Waals surface area contributed by atoms with Crippen molar-refractivity contribution in [2.45, 2.75) is 75.5 Å². The van der Waals surface area contributed by atoms with E-state index < -0.39 is 0 Å². The fourth-order valence-corrected chi connectivity index (χ4v) is 14.7. The van der Waals surface area contributed by atoms with Gasteiger partial charge in [-0.15, -0.1) is 0 Å². The van der Waals surface area contributed by atoms with E-state index in [9.17, 15) is 0 Å². The normalized spacial score (nSPS) is 25.9. The van der Waals surface area contributed by atoms with Crippen LogP contribution in [0.15, 0.2) is 164 Å². The predicted octanol–water partition coefficient (Wildman–Crippen LogP) is 15.7. The third-order valence-electron chi connectivity index (χ3n) is 17.1. The lowest BCUT2D eigenvalue weighted by Gasteiger charge is -2.64. The van der Waals surface area contributed by atoms with Crippen LogP contribution in [0.1, 0.15) is 87.0 Å². The Morgan fingerprint density at radius 3 is 1.90 bits per heavy atom. The smallest absolute Gasteiger partial charge is 0.0540 e. The van der Waals surface area contributed by atoms with E-state index in [1.165, 1.54) is 119 Å². The molecule has 1 heteroatoms. The highest BCUT2D eigenvalue weighted by atomic mass is 15.1. The van der Waals surface area contributed by atoms with Gasteiger partial charge in [0.15, 0.2) is 0 Å². The number of benzene rings is 7. The molecule has 7 aromatic rings. The molecule has 7 aromatic carbocycles. The molecule has 7 aliphatic rings. The zero-order valence-electron chi connectivity index (χ0n) is 34.8. The topological polar surface area (TPSA) is 3.24 Å². The van der Waals surface area contributed by atoms with Gasteiger partial charge in [0.2, 0.25) is 0 Å². The van der Waals surface area contributed by atoms with Crippen molar-refractivity contribution < 1.29 is 0 Å². The third-order valence-corrected chi connectivity index (χ3v) is 17.1. The number of anilines is 3. The standard InChI is InChI=1S/C59H53N/c1-38-43-31-39-32-44(34-43)59(55(38)33-39)54-22-12-10-19-47(54)49-26-24-46(37-56(49)59)60(57-28-23-42(40-15-5-2-6-16-40)35-50(57)41-17-7-3-8-18-41)45-25-27-53-51(36-45)48-20-9-11-21-52(48)58(53)29-13-4-14-30-58/h2-3,5-12,15-28,35-39,43-44,55H,4,13-14,29-34H2,1H3/t38-,39?,43?,44?,55?,59?/m0/s1. The second-order valence-corrected chi connectivity index (χ2v) is 19.6. The molecule has 6 atom stereocenters. The molecule has 2 spiro atoms. The van der Waals surface area contributed by atoms with Crippen molar-refractivity contribution in [1.82, 2.24) is 0 Å². The molecule has 5 fully saturated rings. The Morgan fingerprint density at radius 1 is 0.450 bits per heavy atom. The van der Waals surface area contributed by atoms with Crippen molar-refractivity contribution in [1.29, 1.82) is 0 Å². The van der Waals surface area contributed by atoms with Gasteiger partial charge in [-0.2, -0.15) is 0 Å². The highest BCUT2D eigenvalue weighted by molar-refractivity contribution is 5.94. The van der Waals surface area contributed by atoms with Crippen LogP contribution >= 0.6 is 0 Å². The summed E-state index contributed by atoms with van der Waals surface area (Å²) in [4.78, 5) is 2.64. The van der Waals surface area contributed by atoms with Gasteiger partial charge in [0.25, 0.3) is 0 Å². The first-order chi connectivity index (χ1) is 29.6. The fourth-order valence-electron chi connectivity index (χ4n) is 14.7. The van der Waals surface area contributed by atoms with E-state index in [2.05, 4.69) is 176 Å². The number of hydrogen-bond donors (Lipinski definition) is 0. The first kappa shape index (κ1) is 35.1. The minimum atomic E-state index is 0.0735. The highest BCUT2D eigenvalue weighted by Gasteiger charge is 2.64. The third kappa shape index (κ3) is 4.81. The van der Waals surface area contributed by atoms with Crippen LogP contribution in [-0.2, 0) is 10.8 Å². The quantitative estimate of drug-likeness (QED) is 0.168. The summed E-state index contributed by atoms with van der Waals surface area (Å²) < 4.78 is 0. The van der Waals surface area contributed by atoms with E-state index in [0.717, 1.165) is 17.8 Å². The van der Waals surface area contributed by atoms with Gasteiger partial charge in [-0.25, -0.2) is 0 Å². The summed E-state index contributed by atoms with van der Waals surface area (Å²) in [5.74, 6) is 3.92. The van der Waals surface area contributed by atoms with Crippen molar-refractivity contribution in [3.05, 3.63) is 186 Å². The molecule has 0 N–H and O–H groups in total. The molecule has 294 valence electrons. The molecule has 0 amide bonds. The first-order valence-corrected chi connectivity index (χ1v) is 23.2. The molecular weight excluding hydrogens is 723 g/mol. The molecule has 0 saturated heterocycles. The summed E-state index contributed by atoms with van der Waals surface area (Å²) in [5, 5.41) is 0. The summed E-state index contributed by atoms with van der Waals surface area (Å²) in [7, 11) is 0. The first-order valence-electron chi connectivity index (χ1n) is 23.2. The summed E-state index contributed by atoms with van der Waals surface area (Å²) >= 11 is 0. The van der Waals surface area contributed by atoms with Gasteiger partial charge in [0, 0.05) is 27.8 Å². The van der Waals surface area contributed by atoms with Crippen LogP contribution in [0, 0.1) is 29.6 Å². The molecule has 1 nitrogen and oxygen atoms in total. The summed E-state index contributed by atoms with van der Waals surface area (Å²) in [6.45, 7) is 2.62. The molecule has 5 saturated carbocycles. The Labute approximate surface area is 356 Å². The average Bonchev–Trinajstić information content (AvgIpc) is 3.74.